The standard InChI is InChI=1S/C14H16ClF3N2O4/c1-8(6-24-9-2-3-23-7-9)19-12-5-11(15)10(14(16,17)18)4-13(12)20(21)22/h4-5,8-9,19H,2-3,6-7H2,1H3. The molecule has 134 valence electrons. The van der Waals surface area contributed by atoms with Crippen molar-refractivity contribution in [1.82, 2.24) is 0 Å². The summed E-state index contributed by atoms with van der Waals surface area (Å²) in [5, 5.41) is 13.2. The number of nitrogens with zero attached hydrogens (tertiary/aromatic N) is 1. The second kappa shape index (κ2) is 7.54. The predicted octanol–water partition coefficient (Wildman–Crippen LogP) is 3.87. The summed E-state index contributed by atoms with van der Waals surface area (Å²) in [4.78, 5) is 10.2. The van der Waals surface area contributed by atoms with Gasteiger partial charge in [-0.3, -0.25) is 10.1 Å². The quantitative estimate of drug-likeness (QED) is 0.609. The van der Waals surface area contributed by atoms with Crippen LogP contribution in [0, 0.1) is 10.1 Å². The van der Waals surface area contributed by atoms with Gasteiger partial charge in [-0.05, 0) is 19.4 Å². The molecular weight excluding hydrogens is 353 g/mol. The highest BCUT2D eigenvalue weighted by Gasteiger charge is 2.36. The van der Waals surface area contributed by atoms with Crippen molar-refractivity contribution in [2.24, 2.45) is 0 Å². The van der Waals surface area contributed by atoms with Gasteiger partial charge in [-0.1, -0.05) is 11.6 Å². The van der Waals surface area contributed by atoms with Crippen LogP contribution >= 0.6 is 11.6 Å². The number of nitro groups is 1. The Morgan fingerprint density at radius 2 is 2.25 bits per heavy atom. The summed E-state index contributed by atoms with van der Waals surface area (Å²) in [6.45, 7) is 3.03. The summed E-state index contributed by atoms with van der Waals surface area (Å²) < 4.78 is 49.2. The molecule has 0 spiro atoms. The molecule has 1 aromatic carbocycles. The molecular formula is C14H16ClF3N2O4. The van der Waals surface area contributed by atoms with Crippen LogP contribution in [0.1, 0.15) is 18.9 Å². The first-order valence-electron chi connectivity index (χ1n) is 7.19. The first-order valence-corrected chi connectivity index (χ1v) is 7.57. The van der Waals surface area contributed by atoms with Gasteiger partial charge in [0.05, 0.1) is 34.8 Å². The lowest BCUT2D eigenvalue weighted by Gasteiger charge is -2.19. The van der Waals surface area contributed by atoms with Gasteiger partial charge in [0.2, 0.25) is 0 Å². The van der Waals surface area contributed by atoms with Crippen LogP contribution in [0.3, 0.4) is 0 Å². The van der Waals surface area contributed by atoms with Crippen molar-refractivity contribution in [3.63, 3.8) is 0 Å². The molecule has 1 aliphatic rings. The predicted molar refractivity (Wildman–Crippen MR) is 81.4 cm³/mol. The zero-order chi connectivity index (χ0) is 17.9. The summed E-state index contributed by atoms with van der Waals surface area (Å²) in [5.41, 5.74) is -2.02. The van der Waals surface area contributed by atoms with E-state index in [1.807, 2.05) is 0 Å². The second-order valence-electron chi connectivity index (χ2n) is 5.47. The van der Waals surface area contributed by atoms with Crippen molar-refractivity contribution in [2.45, 2.75) is 31.7 Å². The minimum atomic E-state index is -4.77. The highest BCUT2D eigenvalue weighted by molar-refractivity contribution is 6.31. The summed E-state index contributed by atoms with van der Waals surface area (Å²) in [6.07, 6.45) is -4.04. The fourth-order valence-corrected chi connectivity index (χ4v) is 2.55. The van der Waals surface area contributed by atoms with Crippen LogP contribution in [0.15, 0.2) is 12.1 Å². The summed E-state index contributed by atoms with van der Waals surface area (Å²) in [5.74, 6) is 0. The number of hydrogen-bond donors (Lipinski definition) is 1. The molecule has 2 rings (SSSR count). The second-order valence-corrected chi connectivity index (χ2v) is 5.88. The molecule has 2 unspecified atom stereocenters. The van der Waals surface area contributed by atoms with E-state index in [1.54, 1.807) is 6.92 Å². The van der Waals surface area contributed by atoms with E-state index in [-0.39, 0.29) is 24.4 Å². The van der Waals surface area contributed by atoms with Crippen molar-refractivity contribution >= 4 is 23.0 Å². The van der Waals surface area contributed by atoms with Crippen molar-refractivity contribution in [1.29, 1.82) is 0 Å². The van der Waals surface area contributed by atoms with E-state index >= 15 is 0 Å². The largest absolute Gasteiger partial charge is 0.418 e. The van der Waals surface area contributed by atoms with Gasteiger partial charge in [-0.2, -0.15) is 13.2 Å². The van der Waals surface area contributed by atoms with Crippen molar-refractivity contribution in [3.8, 4) is 0 Å². The summed E-state index contributed by atoms with van der Waals surface area (Å²) >= 11 is 5.62. The Morgan fingerprint density at radius 3 is 2.79 bits per heavy atom. The molecule has 10 heteroatoms. The molecule has 0 bridgehead atoms. The molecule has 0 aromatic heterocycles. The van der Waals surface area contributed by atoms with Gasteiger partial charge < -0.3 is 14.8 Å². The Hall–Kier alpha value is -1.58. The van der Waals surface area contributed by atoms with Crippen LogP contribution in [0.2, 0.25) is 5.02 Å². The number of rotatable bonds is 6. The van der Waals surface area contributed by atoms with Crippen LogP contribution in [0.4, 0.5) is 24.5 Å². The highest BCUT2D eigenvalue weighted by atomic mass is 35.5. The third kappa shape index (κ3) is 4.71. The molecule has 1 aromatic rings. The van der Waals surface area contributed by atoms with E-state index < -0.39 is 27.4 Å². The van der Waals surface area contributed by atoms with E-state index in [1.165, 1.54) is 0 Å². The Morgan fingerprint density at radius 1 is 1.54 bits per heavy atom. The van der Waals surface area contributed by atoms with E-state index in [2.05, 4.69) is 5.32 Å². The van der Waals surface area contributed by atoms with Crippen molar-refractivity contribution in [2.75, 3.05) is 25.1 Å². The number of nitro benzene ring substituents is 1. The number of alkyl halides is 3. The lowest BCUT2D eigenvalue weighted by Crippen LogP contribution is -2.26. The Labute approximate surface area is 141 Å². The molecule has 0 radical (unpaired) electrons. The van der Waals surface area contributed by atoms with Crippen LogP contribution in [-0.2, 0) is 15.7 Å². The fourth-order valence-electron chi connectivity index (χ4n) is 2.28. The third-order valence-corrected chi connectivity index (χ3v) is 3.77. The number of hydrogen-bond acceptors (Lipinski definition) is 5. The normalized spacial score (nSPS) is 19.3. The summed E-state index contributed by atoms with van der Waals surface area (Å²) in [7, 11) is 0. The van der Waals surface area contributed by atoms with E-state index in [0.29, 0.717) is 19.3 Å². The molecule has 1 N–H and O–H groups in total. The SMILES string of the molecule is CC(COC1CCOC1)Nc1cc(Cl)c(C(F)(F)F)cc1[N+](=O)[O-]. The van der Waals surface area contributed by atoms with Crippen LogP contribution in [0.5, 0.6) is 0 Å². The zero-order valence-electron chi connectivity index (χ0n) is 12.7. The lowest BCUT2D eigenvalue weighted by atomic mass is 10.1. The Kier molecular flexibility index (Phi) is 5.89. The average Bonchev–Trinajstić information content (AvgIpc) is 2.96. The van der Waals surface area contributed by atoms with Crippen LogP contribution < -0.4 is 5.32 Å². The Balaban J connectivity index is 2.13. The molecule has 1 saturated heterocycles. The van der Waals surface area contributed by atoms with Gasteiger partial charge in [-0.15, -0.1) is 0 Å². The smallest absolute Gasteiger partial charge is 0.379 e. The van der Waals surface area contributed by atoms with Crippen molar-refractivity contribution < 1.29 is 27.6 Å². The lowest BCUT2D eigenvalue weighted by molar-refractivity contribution is -0.384. The molecule has 0 aliphatic carbocycles. The third-order valence-electron chi connectivity index (χ3n) is 3.46. The van der Waals surface area contributed by atoms with Crippen LogP contribution in [0.25, 0.3) is 0 Å². The number of halogens is 4. The van der Waals surface area contributed by atoms with Gasteiger partial charge in [0.25, 0.3) is 5.69 Å². The zero-order valence-corrected chi connectivity index (χ0v) is 13.5. The monoisotopic (exact) mass is 368 g/mol. The molecule has 6 nitrogen and oxygen atoms in total. The molecule has 2 atom stereocenters. The molecule has 0 amide bonds. The summed E-state index contributed by atoms with van der Waals surface area (Å²) in [6, 6.07) is 0.984. The highest BCUT2D eigenvalue weighted by Crippen LogP contribution is 2.40. The van der Waals surface area contributed by atoms with E-state index in [4.69, 9.17) is 21.1 Å². The van der Waals surface area contributed by atoms with Gasteiger partial charge in [0.1, 0.15) is 5.69 Å². The fraction of sp³-hybridized carbons (Fsp3) is 0.571. The number of ether oxygens (including phenoxy) is 2. The van der Waals surface area contributed by atoms with Gasteiger partial charge in [0, 0.05) is 18.7 Å². The van der Waals surface area contributed by atoms with E-state index in [0.717, 1.165) is 12.5 Å². The van der Waals surface area contributed by atoms with Crippen LogP contribution in [-0.4, -0.2) is 36.9 Å². The topological polar surface area (TPSA) is 73.6 Å². The maximum Gasteiger partial charge on any atom is 0.418 e. The number of nitrogens with one attached hydrogen (secondary N) is 1. The van der Waals surface area contributed by atoms with E-state index in [9.17, 15) is 23.3 Å². The molecule has 0 saturated carbocycles. The minimum absolute atomic E-state index is 0.0413. The minimum Gasteiger partial charge on any atom is -0.379 e. The van der Waals surface area contributed by atoms with Gasteiger partial charge in [0.15, 0.2) is 0 Å². The molecule has 24 heavy (non-hydrogen) atoms. The average molecular weight is 369 g/mol. The molecule has 1 heterocycles. The first kappa shape index (κ1) is 18.8. The van der Waals surface area contributed by atoms with Gasteiger partial charge in [-0.25, -0.2) is 0 Å². The number of benzene rings is 1. The maximum atomic E-state index is 12.8. The molecule has 1 fully saturated rings. The van der Waals surface area contributed by atoms with Gasteiger partial charge >= 0.3 is 6.18 Å². The number of anilines is 1. The Bertz CT molecular complexity index is 606. The molecule has 1 aliphatic heterocycles. The van der Waals surface area contributed by atoms with Crippen molar-refractivity contribution in [3.05, 3.63) is 32.8 Å². The first-order chi connectivity index (χ1) is 11.2. The maximum absolute atomic E-state index is 12.8.